The fraction of sp³-hybridized carbons (Fsp3) is 0.167. The van der Waals surface area contributed by atoms with E-state index in [2.05, 4.69) is 4.98 Å². The summed E-state index contributed by atoms with van der Waals surface area (Å²) in [5.74, 6) is -1.44. The molecule has 0 atom stereocenters. The molecule has 0 saturated carbocycles. The quantitative estimate of drug-likeness (QED) is 0.768. The van der Waals surface area contributed by atoms with Crippen molar-refractivity contribution in [2.45, 2.75) is 13.8 Å². The Labute approximate surface area is 92.2 Å². The first-order valence-corrected chi connectivity index (χ1v) is 4.83. The van der Waals surface area contributed by atoms with Gasteiger partial charge >= 0.3 is 5.97 Å². The predicted octanol–water partition coefficient (Wildman–Crippen LogP) is 2.26. The summed E-state index contributed by atoms with van der Waals surface area (Å²) in [6, 6.07) is 3.71. The molecule has 0 aliphatic carbocycles. The van der Waals surface area contributed by atoms with Gasteiger partial charge in [-0.05, 0) is 25.0 Å². The van der Waals surface area contributed by atoms with Gasteiger partial charge in [0.15, 0.2) is 0 Å². The average molecular weight is 217 g/mol. The summed E-state index contributed by atoms with van der Waals surface area (Å²) in [6.45, 7) is 3.66. The molecule has 2 N–H and O–H groups in total. The van der Waals surface area contributed by atoms with E-state index < -0.39 is 5.97 Å². The Balaban J connectivity index is 3.02. The Morgan fingerprint density at radius 2 is 1.88 bits per heavy atom. The Hall–Kier alpha value is -2.10. The number of nitrogens with zero attached hydrogens (tertiary/aromatic N) is 1. The zero-order chi connectivity index (χ0) is 11.9. The van der Waals surface area contributed by atoms with Gasteiger partial charge in [-0.2, -0.15) is 0 Å². The number of hydrogen-bond donors (Lipinski definition) is 2. The topological polar surface area (TPSA) is 70.4 Å². The van der Waals surface area contributed by atoms with Gasteiger partial charge in [0.05, 0.1) is 11.7 Å². The lowest BCUT2D eigenvalue weighted by molar-refractivity contribution is 0.0696. The molecule has 4 nitrogen and oxygen atoms in total. The summed E-state index contributed by atoms with van der Waals surface area (Å²) in [6.07, 6.45) is 1.18. The zero-order valence-corrected chi connectivity index (χ0v) is 8.98. The molecule has 0 saturated heterocycles. The number of aryl methyl sites for hydroxylation is 2. The number of carboxylic acid groups (broad SMARTS) is 1. The highest BCUT2D eigenvalue weighted by atomic mass is 16.4. The van der Waals surface area contributed by atoms with Crippen LogP contribution in [0.2, 0.25) is 0 Å². The van der Waals surface area contributed by atoms with E-state index in [1.807, 2.05) is 19.1 Å². The summed E-state index contributed by atoms with van der Waals surface area (Å²) < 4.78 is 0. The van der Waals surface area contributed by atoms with Crippen LogP contribution in [0.3, 0.4) is 0 Å². The van der Waals surface area contributed by atoms with Crippen molar-refractivity contribution in [2.24, 2.45) is 0 Å². The maximum absolute atomic E-state index is 11.1. The number of aromatic hydroxyl groups is 1. The summed E-state index contributed by atoms with van der Waals surface area (Å²) in [5.41, 5.74) is 2.23. The van der Waals surface area contributed by atoms with E-state index in [-0.39, 0.29) is 11.3 Å². The number of hydrogen-bond acceptors (Lipinski definition) is 3. The van der Waals surface area contributed by atoms with Gasteiger partial charge in [0.2, 0.25) is 0 Å². The summed E-state index contributed by atoms with van der Waals surface area (Å²) >= 11 is 0. The van der Waals surface area contributed by atoms with Crippen molar-refractivity contribution in [3.63, 3.8) is 0 Å². The second-order valence-corrected chi connectivity index (χ2v) is 3.75. The van der Waals surface area contributed by atoms with Gasteiger partial charge in [0.25, 0.3) is 0 Å². The molecule has 1 aromatic heterocycles. The number of benzene rings is 1. The van der Waals surface area contributed by atoms with E-state index in [9.17, 15) is 9.90 Å². The first kappa shape index (κ1) is 10.4. The van der Waals surface area contributed by atoms with E-state index in [0.29, 0.717) is 10.9 Å². The van der Waals surface area contributed by atoms with Crippen molar-refractivity contribution < 1.29 is 15.0 Å². The fourth-order valence-corrected chi connectivity index (χ4v) is 1.81. The highest BCUT2D eigenvalue weighted by Crippen LogP contribution is 2.29. The van der Waals surface area contributed by atoms with E-state index >= 15 is 0 Å². The van der Waals surface area contributed by atoms with E-state index in [0.717, 1.165) is 11.1 Å². The number of rotatable bonds is 1. The fourth-order valence-electron chi connectivity index (χ4n) is 1.81. The largest absolute Gasteiger partial charge is 0.505 e. The molecule has 16 heavy (non-hydrogen) atoms. The summed E-state index contributed by atoms with van der Waals surface area (Å²) in [5, 5.41) is 19.1. The molecule has 0 radical (unpaired) electrons. The van der Waals surface area contributed by atoms with Crippen LogP contribution in [-0.2, 0) is 0 Å². The van der Waals surface area contributed by atoms with Crippen molar-refractivity contribution in [3.05, 3.63) is 35.0 Å². The Bertz CT molecular complexity index is 590. The van der Waals surface area contributed by atoms with Gasteiger partial charge in [-0.25, -0.2) is 4.79 Å². The standard InChI is InChI=1S/C12H11NO3/c1-6-3-4-7(2)11-9(6)10(12(15)16)8(14)5-13-11/h3-5,14H,1-2H3,(H,15,16). The molecule has 2 aromatic rings. The summed E-state index contributed by atoms with van der Waals surface area (Å²) in [4.78, 5) is 15.2. The van der Waals surface area contributed by atoms with Crippen LogP contribution in [-0.4, -0.2) is 21.2 Å². The first-order valence-electron chi connectivity index (χ1n) is 4.83. The molecular weight excluding hydrogens is 206 g/mol. The van der Waals surface area contributed by atoms with Crippen molar-refractivity contribution in [1.82, 2.24) is 4.98 Å². The molecule has 1 aromatic carbocycles. The van der Waals surface area contributed by atoms with Crippen molar-refractivity contribution in [1.29, 1.82) is 0 Å². The third-order valence-electron chi connectivity index (χ3n) is 2.62. The lowest BCUT2D eigenvalue weighted by atomic mass is 10.0. The maximum Gasteiger partial charge on any atom is 0.340 e. The summed E-state index contributed by atoms with van der Waals surface area (Å²) in [7, 11) is 0. The van der Waals surface area contributed by atoms with Gasteiger partial charge in [0.1, 0.15) is 11.3 Å². The number of carbonyl (C=O) groups is 1. The molecular formula is C12H11NO3. The van der Waals surface area contributed by atoms with Crippen LogP contribution >= 0.6 is 0 Å². The van der Waals surface area contributed by atoms with Gasteiger partial charge in [-0.1, -0.05) is 12.1 Å². The Kier molecular flexibility index (Phi) is 2.27. The second-order valence-electron chi connectivity index (χ2n) is 3.75. The highest BCUT2D eigenvalue weighted by Gasteiger charge is 2.17. The van der Waals surface area contributed by atoms with Crippen LogP contribution in [0.4, 0.5) is 0 Å². The van der Waals surface area contributed by atoms with E-state index in [1.165, 1.54) is 6.20 Å². The lowest BCUT2D eigenvalue weighted by Crippen LogP contribution is -2.01. The monoisotopic (exact) mass is 217 g/mol. The molecule has 1 heterocycles. The maximum atomic E-state index is 11.1. The predicted molar refractivity (Wildman–Crippen MR) is 59.8 cm³/mol. The minimum absolute atomic E-state index is 0.0776. The van der Waals surface area contributed by atoms with Crippen LogP contribution in [0.1, 0.15) is 21.5 Å². The lowest BCUT2D eigenvalue weighted by Gasteiger charge is -2.09. The first-order chi connectivity index (χ1) is 7.52. The van der Waals surface area contributed by atoms with E-state index in [1.54, 1.807) is 6.92 Å². The zero-order valence-electron chi connectivity index (χ0n) is 8.98. The van der Waals surface area contributed by atoms with Gasteiger partial charge in [-0.3, -0.25) is 4.98 Å². The molecule has 2 rings (SSSR count). The minimum atomic E-state index is -1.14. The smallest absolute Gasteiger partial charge is 0.340 e. The highest BCUT2D eigenvalue weighted by molar-refractivity contribution is 6.06. The SMILES string of the molecule is Cc1ccc(C)c2c(C(=O)O)c(O)cnc12. The van der Waals surface area contributed by atoms with Crippen LogP contribution in [0.5, 0.6) is 5.75 Å². The van der Waals surface area contributed by atoms with Crippen molar-refractivity contribution in [3.8, 4) is 5.75 Å². The molecule has 0 aliphatic heterocycles. The normalized spacial score (nSPS) is 10.6. The molecule has 0 fully saturated rings. The molecule has 82 valence electrons. The molecule has 0 amide bonds. The number of aromatic nitrogens is 1. The molecule has 0 bridgehead atoms. The molecule has 0 unspecified atom stereocenters. The Morgan fingerprint density at radius 3 is 2.50 bits per heavy atom. The van der Waals surface area contributed by atoms with Crippen LogP contribution in [0.25, 0.3) is 10.9 Å². The second kappa shape index (κ2) is 3.48. The molecule has 0 aliphatic rings. The Morgan fingerprint density at radius 1 is 1.25 bits per heavy atom. The van der Waals surface area contributed by atoms with E-state index in [4.69, 9.17) is 5.11 Å². The van der Waals surface area contributed by atoms with Gasteiger partial charge < -0.3 is 10.2 Å². The number of pyridine rings is 1. The average Bonchev–Trinajstić information content (AvgIpc) is 2.23. The minimum Gasteiger partial charge on any atom is -0.505 e. The third-order valence-corrected chi connectivity index (χ3v) is 2.62. The third kappa shape index (κ3) is 1.39. The molecule has 0 spiro atoms. The van der Waals surface area contributed by atoms with Crippen molar-refractivity contribution in [2.75, 3.05) is 0 Å². The van der Waals surface area contributed by atoms with Gasteiger partial charge in [0, 0.05) is 5.39 Å². The van der Waals surface area contributed by atoms with Gasteiger partial charge in [-0.15, -0.1) is 0 Å². The van der Waals surface area contributed by atoms with Crippen LogP contribution < -0.4 is 0 Å². The van der Waals surface area contributed by atoms with Crippen LogP contribution in [0, 0.1) is 13.8 Å². The number of fused-ring (bicyclic) bond motifs is 1. The number of carboxylic acids is 1. The van der Waals surface area contributed by atoms with Crippen LogP contribution in [0.15, 0.2) is 18.3 Å². The van der Waals surface area contributed by atoms with Crippen molar-refractivity contribution >= 4 is 16.9 Å². The number of aromatic carboxylic acids is 1. The molecule has 4 heteroatoms.